The molecule has 0 unspecified atom stereocenters. The lowest BCUT2D eigenvalue weighted by atomic mass is 9.99. The first-order valence-electron chi connectivity index (χ1n) is 7.08. The molecule has 1 heterocycles. The zero-order valence-corrected chi connectivity index (χ0v) is 12.3. The monoisotopic (exact) mass is 275 g/mol. The number of aryl methyl sites for hydroxylation is 2. The number of nitrogens with zero attached hydrogens (tertiary/aromatic N) is 1. The Morgan fingerprint density at radius 3 is 2.67 bits per heavy atom. The molecule has 0 amide bonds. The zero-order valence-electron chi connectivity index (χ0n) is 12.3. The summed E-state index contributed by atoms with van der Waals surface area (Å²) in [6, 6.07) is 17.9. The van der Waals surface area contributed by atoms with Crippen molar-refractivity contribution in [2.45, 2.75) is 20.3 Å². The third kappa shape index (κ3) is 2.84. The second-order valence-electron chi connectivity index (χ2n) is 5.41. The number of Topliss-reactive ketones (excluding diaryl/α,β-unsaturated/α-hetero) is 1. The average Bonchev–Trinajstić information content (AvgIpc) is 2.49. The van der Waals surface area contributed by atoms with Crippen LogP contribution >= 0.6 is 0 Å². The Labute approximate surface area is 124 Å². The molecule has 2 aromatic carbocycles. The van der Waals surface area contributed by atoms with Crippen molar-refractivity contribution in [3.05, 3.63) is 77.0 Å². The van der Waals surface area contributed by atoms with Gasteiger partial charge in [-0.15, -0.1) is 0 Å². The van der Waals surface area contributed by atoms with Gasteiger partial charge < -0.3 is 0 Å². The highest BCUT2D eigenvalue weighted by atomic mass is 16.1. The van der Waals surface area contributed by atoms with Gasteiger partial charge in [-0.3, -0.25) is 9.78 Å². The standard InChI is InChI=1S/C19H17NO/c1-13-7-8-14(2)17(11-13)19(21)12-16-10-9-15-5-3-4-6-18(15)20-16/h3-11H,12H2,1-2H3. The van der Waals surface area contributed by atoms with E-state index in [2.05, 4.69) is 4.98 Å². The van der Waals surface area contributed by atoms with Crippen molar-refractivity contribution in [2.75, 3.05) is 0 Å². The van der Waals surface area contributed by atoms with E-state index in [1.807, 2.05) is 68.4 Å². The van der Waals surface area contributed by atoms with Gasteiger partial charge in [-0.05, 0) is 37.6 Å². The molecule has 0 aliphatic carbocycles. The predicted molar refractivity (Wildman–Crippen MR) is 85.7 cm³/mol. The summed E-state index contributed by atoms with van der Waals surface area (Å²) in [5.74, 6) is 0.124. The van der Waals surface area contributed by atoms with Crippen LogP contribution in [0.5, 0.6) is 0 Å². The number of fused-ring (bicyclic) bond motifs is 1. The van der Waals surface area contributed by atoms with Gasteiger partial charge in [-0.25, -0.2) is 0 Å². The molecule has 0 bridgehead atoms. The Morgan fingerprint density at radius 1 is 1.00 bits per heavy atom. The van der Waals surface area contributed by atoms with E-state index in [0.717, 1.165) is 33.3 Å². The Balaban J connectivity index is 1.90. The first kappa shape index (κ1) is 13.5. The summed E-state index contributed by atoms with van der Waals surface area (Å²) in [5.41, 5.74) is 4.68. The normalized spacial score (nSPS) is 10.8. The number of rotatable bonds is 3. The quantitative estimate of drug-likeness (QED) is 0.668. The number of carbonyl (C=O) groups excluding carboxylic acids is 1. The lowest BCUT2D eigenvalue weighted by Crippen LogP contribution is -2.07. The van der Waals surface area contributed by atoms with Gasteiger partial charge in [0.15, 0.2) is 5.78 Å². The third-order valence-corrected chi connectivity index (χ3v) is 3.69. The van der Waals surface area contributed by atoms with Crippen molar-refractivity contribution in [1.82, 2.24) is 4.98 Å². The molecule has 0 saturated heterocycles. The van der Waals surface area contributed by atoms with E-state index in [1.165, 1.54) is 0 Å². The van der Waals surface area contributed by atoms with Gasteiger partial charge in [0.05, 0.1) is 11.9 Å². The van der Waals surface area contributed by atoms with Crippen LogP contribution in [0.25, 0.3) is 10.9 Å². The summed E-state index contributed by atoms with van der Waals surface area (Å²) in [6.07, 6.45) is 0.342. The summed E-state index contributed by atoms with van der Waals surface area (Å²) in [6.45, 7) is 3.98. The van der Waals surface area contributed by atoms with Crippen LogP contribution in [0.2, 0.25) is 0 Å². The van der Waals surface area contributed by atoms with Crippen LogP contribution in [-0.4, -0.2) is 10.8 Å². The van der Waals surface area contributed by atoms with Crippen molar-refractivity contribution in [2.24, 2.45) is 0 Å². The minimum atomic E-state index is 0.124. The number of hydrogen-bond acceptors (Lipinski definition) is 2. The molecule has 0 aliphatic rings. The fraction of sp³-hybridized carbons (Fsp3) is 0.158. The lowest BCUT2D eigenvalue weighted by molar-refractivity contribution is 0.0991. The molecule has 0 atom stereocenters. The number of hydrogen-bond donors (Lipinski definition) is 0. The second kappa shape index (κ2) is 5.49. The van der Waals surface area contributed by atoms with Crippen LogP contribution in [0, 0.1) is 13.8 Å². The Bertz CT molecular complexity index is 821. The maximum atomic E-state index is 12.5. The van der Waals surface area contributed by atoms with Crippen LogP contribution in [-0.2, 0) is 6.42 Å². The van der Waals surface area contributed by atoms with E-state index >= 15 is 0 Å². The maximum absolute atomic E-state index is 12.5. The van der Waals surface area contributed by atoms with Crippen molar-refractivity contribution in [3.8, 4) is 0 Å². The largest absolute Gasteiger partial charge is 0.294 e. The summed E-state index contributed by atoms with van der Waals surface area (Å²) in [5, 5.41) is 1.10. The van der Waals surface area contributed by atoms with Gasteiger partial charge in [0, 0.05) is 16.6 Å². The smallest absolute Gasteiger partial charge is 0.169 e. The second-order valence-corrected chi connectivity index (χ2v) is 5.41. The van der Waals surface area contributed by atoms with Crippen LogP contribution < -0.4 is 0 Å². The molecule has 0 aliphatic heterocycles. The van der Waals surface area contributed by atoms with Gasteiger partial charge in [0.2, 0.25) is 0 Å². The number of carbonyl (C=O) groups is 1. The number of ketones is 1. The molecule has 2 nitrogen and oxygen atoms in total. The van der Waals surface area contributed by atoms with E-state index < -0.39 is 0 Å². The zero-order chi connectivity index (χ0) is 14.8. The molecule has 21 heavy (non-hydrogen) atoms. The van der Waals surface area contributed by atoms with Crippen LogP contribution in [0.1, 0.15) is 27.2 Å². The molecular formula is C19H17NO. The summed E-state index contributed by atoms with van der Waals surface area (Å²) < 4.78 is 0. The van der Waals surface area contributed by atoms with Crippen molar-refractivity contribution < 1.29 is 4.79 Å². The first-order valence-corrected chi connectivity index (χ1v) is 7.08. The van der Waals surface area contributed by atoms with Gasteiger partial charge in [0.25, 0.3) is 0 Å². The fourth-order valence-corrected chi connectivity index (χ4v) is 2.50. The molecule has 0 fully saturated rings. The van der Waals surface area contributed by atoms with Crippen LogP contribution in [0.4, 0.5) is 0 Å². The van der Waals surface area contributed by atoms with Gasteiger partial charge in [0.1, 0.15) is 0 Å². The van der Waals surface area contributed by atoms with Crippen LogP contribution in [0.3, 0.4) is 0 Å². The SMILES string of the molecule is Cc1ccc(C)c(C(=O)Cc2ccc3ccccc3n2)c1. The van der Waals surface area contributed by atoms with E-state index in [-0.39, 0.29) is 5.78 Å². The molecule has 104 valence electrons. The molecule has 0 radical (unpaired) electrons. The molecular weight excluding hydrogens is 258 g/mol. The predicted octanol–water partition coefficient (Wildman–Crippen LogP) is 4.28. The summed E-state index contributed by atoms with van der Waals surface area (Å²) in [7, 11) is 0. The molecule has 0 spiro atoms. The van der Waals surface area contributed by atoms with Crippen LogP contribution in [0.15, 0.2) is 54.6 Å². The highest BCUT2D eigenvalue weighted by Gasteiger charge is 2.11. The number of pyridine rings is 1. The van der Waals surface area contributed by atoms with E-state index in [1.54, 1.807) is 0 Å². The van der Waals surface area contributed by atoms with Gasteiger partial charge in [-0.2, -0.15) is 0 Å². The maximum Gasteiger partial charge on any atom is 0.169 e. The third-order valence-electron chi connectivity index (χ3n) is 3.69. The van der Waals surface area contributed by atoms with E-state index in [9.17, 15) is 4.79 Å². The Morgan fingerprint density at radius 2 is 1.81 bits per heavy atom. The van der Waals surface area contributed by atoms with Crippen molar-refractivity contribution >= 4 is 16.7 Å². The van der Waals surface area contributed by atoms with E-state index in [4.69, 9.17) is 0 Å². The molecule has 1 aromatic heterocycles. The number of para-hydroxylation sites is 1. The number of aromatic nitrogens is 1. The topological polar surface area (TPSA) is 30.0 Å². The van der Waals surface area contributed by atoms with Crippen molar-refractivity contribution in [3.63, 3.8) is 0 Å². The Kier molecular flexibility index (Phi) is 3.53. The molecule has 2 heteroatoms. The molecule has 0 saturated carbocycles. The molecule has 0 N–H and O–H groups in total. The highest BCUT2D eigenvalue weighted by molar-refractivity contribution is 5.99. The minimum absolute atomic E-state index is 0.124. The number of benzene rings is 2. The van der Waals surface area contributed by atoms with Crippen molar-refractivity contribution in [1.29, 1.82) is 0 Å². The summed E-state index contributed by atoms with van der Waals surface area (Å²) >= 11 is 0. The van der Waals surface area contributed by atoms with Gasteiger partial charge in [-0.1, -0.05) is 42.0 Å². The van der Waals surface area contributed by atoms with Gasteiger partial charge >= 0.3 is 0 Å². The Hall–Kier alpha value is -2.48. The minimum Gasteiger partial charge on any atom is -0.294 e. The summed E-state index contributed by atoms with van der Waals surface area (Å²) in [4.78, 5) is 17.1. The van der Waals surface area contributed by atoms with E-state index in [0.29, 0.717) is 6.42 Å². The fourth-order valence-electron chi connectivity index (χ4n) is 2.50. The average molecular weight is 275 g/mol. The molecule has 3 aromatic rings. The highest BCUT2D eigenvalue weighted by Crippen LogP contribution is 2.16. The lowest BCUT2D eigenvalue weighted by Gasteiger charge is -2.07. The molecule has 3 rings (SSSR count). The first-order chi connectivity index (χ1) is 10.1.